The number of hydrogen-bond acceptors (Lipinski definition) is 3. The number of amides is 1. The van der Waals surface area contributed by atoms with Gasteiger partial charge in [-0.1, -0.05) is 40.2 Å². The molecule has 0 fully saturated rings. The highest BCUT2D eigenvalue weighted by Gasteiger charge is 2.12. The zero-order chi connectivity index (χ0) is 16.9. The van der Waals surface area contributed by atoms with E-state index in [1.165, 1.54) is 6.33 Å². The molecule has 0 saturated heterocycles. The molecule has 2 aromatic carbocycles. The van der Waals surface area contributed by atoms with Crippen LogP contribution in [0.5, 0.6) is 0 Å². The fourth-order valence-electron chi connectivity index (χ4n) is 2.41. The summed E-state index contributed by atoms with van der Waals surface area (Å²) in [4.78, 5) is 18.2. The molecule has 1 heterocycles. The molecule has 1 aromatic heterocycles. The largest absolute Gasteiger partial charge is 0.337 e. The Kier molecular flexibility index (Phi) is 5.05. The van der Waals surface area contributed by atoms with Gasteiger partial charge in [-0.2, -0.15) is 5.10 Å². The van der Waals surface area contributed by atoms with Crippen LogP contribution in [0, 0.1) is 0 Å². The number of nitrogens with zero attached hydrogens (tertiary/aromatic N) is 4. The van der Waals surface area contributed by atoms with Gasteiger partial charge < -0.3 is 4.90 Å². The predicted molar refractivity (Wildman–Crippen MR) is 95.5 cm³/mol. The molecule has 0 unspecified atom stereocenters. The molecule has 0 aliphatic rings. The summed E-state index contributed by atoms with van der Waals surface area (Å²) in [5, 5.41) is 4.08. The number of hydrogen-bond donors (Lipinski definition) is 0. The Hall–Kier alpha value is -2.47. The molecule has 1 amide bonds. The molecule has 0 radical (unpaired) electrons. The van der Waals surface area contributed by atoms with E-state index in [1.54, 1.807) is 15.9 Å². The SMILES string of the molecule is CN(Cc1ccc(Br)cc1)C(=O)c1ccc(Cn2cncn2)cc1. The lowest BCUT2D eigenvalue weighted by atomic mass is 10.1. The Labute approximate surface area is 149 Å². The van der Waals surface area contributed by atoms with Crippen molar-refractivity contribution < 1.29 is 4.79 Å². The lowest BCUT2D eigenvalue weighted by Crippen LogP contribution is -2.26. The summed E-state index contributed by atoms with van der Waals surface area (Å²) in [5.41, 5.74) is 2.85. The van der Waals surface area contributed by atoms with E-state index < -0.39 is 0 Å². The standard InChI is InChI=1S/C18H17BrN4O/c1-22(10-14-4-8-17(19)9-5-14)18(24)16-6-2-15(3-7-16)11-23-13-20-12-21-23/h2-9,12-13H,10-11H2,1H3. The monoisotopic (exact) mass is 384 g/mol. The normalized spacial score (nSPS) is 10.6. The number of aromatic nitrogens is 3. The van der Waals surface area contributed by atoms with Gasteiger partial charge >= 0.3 is 0 Å². The van der Waals surface area contributed by atoms with Gasteiger partial charge in [0.05, 0.1) is 6.54 Å². The van der Waals surface area contributed by atoms with Crippen molar-refractivity contribution in [1.29, 1.82) is 0 Å². The summed E-state index contributed by atoms with van der Waals surface area (Å²) < 4.78 is 2.78. The van der Waals surface area contributed by atoms with Crippen molar-refractivity contribution in [3.05, 3.63) is 82.3 Å². The van der Waals surface area contributed by atoms with Gasteiger partial charge in [0, 0.05) is 23.6 Å². The quantitative estimate of drug-likeness (QED) is 0.677. The Morgan fingerprint density at radius 1 is 1.08 bits per heavy atom. The first-order valence-corrected chi connectivity index (χ1v) is 8.32. The summed E-state index contributed by atoms with van der Waals surface area (Å²) in [5.74, 6) is 0.00484. The van der Waals surface area contributed by atoms with Crippen molar-refractivity contribution in [3.63, 3.8) is 0 Å². The van der Waals surface area contributed by atoms with Crippen molar-refractivity contribution in [2.75, 3.05) is 7.05 Å². The topological polar surface area (TPSA) is 51.0 Å². The average Bonchev–Trinajstić information content (AvgIpc) is 3.10. The minimum Gasteiger partial charge on any atom is -0.337 e. The summed E-state index contributed by atoms with van der Waals surface area (Å²) >= 11 is 3.41. The van der Waals surface area contributed by atoms with E-state index in [9.17, 15) is 4.79 Å². The van der Waals surface area contributed by atoms with Gasteiger partial charge in [0.2, 0.25) is 0 Å². The summed E-state index contributed by atoms with van der Waals surface area (Å²) in [7, 11) is 1.81. The zero-order valence-electron chi connectivity index (χ0n) is 13.3. The third-order valence-corrected chi connectivity index (χ3v) is 4.22. The Morgan fingerprint density at radius 3 is 2.38 bits per heavy atom. The second kappa shape index (κ2) is 7.40. The molecule has 24 heavy (non-hydrogen) atoms. The van der Waals surface area contributed by atoms with E-state index in [0.717, 1.165) is 15.6 Å². The maximum atomic E-state index is 12.5. The number of carbonyl (C=O) groups excluding carboxylic acids is 1. The van der Waals surface area contributed by atoms with Gasteiger partial charge in [-0.25, -0.2) is 9.67 Å². The first-order valence-electron chi connectivity index (χ1n) is 7.53. The van der Waals surface area contributed by atoms with Crippen LogP contribution in [0.4, 0.5) is 0 Å². The first-order chi connectivity index (χ1) is 11.6. The van der Waals surface area contributed by atoms with Crippen molar-refractivity contribution in [2.24, 2.45) is 0 Å². The summed E-state index contributed by atoms with van der Waals surface area (Å²) in [6.07, 6.45) is 3.18. The van der Waals surface area contributed by atoms with Gasteiger partial charge in [-0.3, -0.25) is 4.79 Å². The Morgan fingerprint density at radius 2 is 1.75 bits per heavy atom. The lowest BCUT2D eigenvalue weighted by molar-refractivity contribution is 0.0785. The molecule has 0 saturated carbocycles. The van der Waals surface area contributed by atoms with Gasteiger partial charge in [0.1, 0.15) is 12.7 Å². The highest BCUT2D eigenvalue weighted by atomic mass is 79.9. The maximum absolute atomic E-state index is 12.5. The van der Waals surface area contributed by atoms with Gasteiger partial charge in [0.25, 0.3) is 5.91 Å². The number of halogens is 1. The van der Waals surface area contributed by atoms with Crippen LogP contribution < -0.4 is 0 Å². The fraction of sp³-hybridized carbons (Fsp3) is 0.167. The number of benzene rings is 2. The molecule has 122 valence electrons. The van der Waals surface area contributed by atoms with Gasteiger partial charge in [-0.05, 0) is 35.4 Å². The van der Waals surface area contributed by atoms with Crippen LogP contribution in [0.15, 0.2) is 65.7 Å². The molecule has 3 aromatic rings. The minimum atomic E-state index is 0.00484. The third-order valence-electron chi connectivity index (χ3n) is 3.69. The highest BCUT2D eigenvalue weighted by molar-refractivity contribution is 9.10. The van der Waals surface area contributed by atoms with Gasteiger partial charge in [0.15, 0.2) is 0 Å². The van der Waals surface area contributed by atoms with Crippen LogP contribution >= 0.6 is 15.9 Å². The van der Waals surface area contributed by atoms with E-state index >= 15 is 0 Å². The zero-order valence-corrected chi connectivity index (χ0v) is 14.8. The Balaban J connectivity index is 1.64. The third kappa shape index (κ3) is 4.08. The summed E-state index contributed by atoms with van der Waals surface area (Å²) in [6.45, 7) is 1.22. The molecule has 5 nitrogen and oxygen atoms in total. The van der Waals surface area contributed by atoms with Crippen LogP contribution in [-0.4, -0.2) is 32.6 Å². The second-order valence-corrected chi connectivity index (χ2v) is 6.49. The minimum absolute atomic E-state index is 0.00484. The van der Waals surface area contributed by atoms with Crippen LogP contribution in [0.1, 0.15) is 21.5 Å². The maximum Gasteiger partial charge on any atom is 0.253 e. The van der Waals surface area contributed by atoms with Crippen molar-refractivity contribution in [2.45, 2.75) is 13.1 Å². The van der Waals surface area contributed by atoms with Gasteiger partial charge in [-0.15, -0.1) is 0 Å². The number of rotatable bonds is 5. The predicted octanol–water partition coefficient (Wildman–Crippen LogP) is 3.36. The van der Waals surface area contributed by atoms with E-state index in [0.29, 0.717) is 18.7 Å². The van der Waals surface area contributed by atoms with E-state index in [1.807, 2.05) is 55.6 Å². The molecule has 0 atom stereocenters. The van der Waals surface area contributed by atoms with E-state index in [-0.39, 0.29) is 5.91 Å². The molecule has 3 rings (SSSR count). The molecular formula is C18H17BrN4O. The van der Waals surface area contributed by atoms with Crippen molar-refractivity contribution in [1.82, 2.24) is 19.7 Å². The molecular weight excluding hydrogens is 368 g/mol. The highest BCUT2D eigenvalue weighted by Crippen LogP contribution is 2.14. The van der Waals surface area contributed by atoms with Crippen LogP contribution in [0.2, 0.25) is 0 Å². The van der Waals surface area contributed by atoms with Crippen molar-refractivity contribution >= 4 is 21.8 Å². The van der Waals surface area contributed by atoms with Crippen LogP contribution in [-0.2, 0) is 13.1 Å². The smallest absolute Gasteiger partial charge is 0.253 e. The van der Waals surface area contributed by atoms with Crippen LogP contribution in [0.25, 0.3) is 0 Å². The van der Waals surface area contributed by atoms with E-state index in [4.69, 9.17) is 0 Å². The molecule has 6 heteroatoms. The fourth-order valence-corrected chi connectivity index (χ4v) is 2.67. The van der Waals surface area contributed by atoms with E-state index in [2.05, 4.69) is 26.0 Å². The molecule has 0 spiro atoms. The number of carbonyl (C=O) groups is 1. The lowest BCUT2D eigenvalue weighted by Gasteiger charge is -2.17. The van der Waals surface area contributed by atoms with Crippen LogP contribution in [0.3, 0.4) is 0 Å². The second-order valence-electron chi connectivity index (χ2n) is 5.58. The molecule has 0 N–H and O–H groups in total. The molecule has 0 bridgehead atoms. The summed E-state index contributed by atoms with van der Waals surface area (Å²) in [6, 6.07) is 15.6. The molecule has 0 aliphatic carbocycles. The Bertz CT molecular complexity index is 798. The molecule has 0 aliphatic heterocycles. The van der Waals surface area contributed by atoms with Crippen molar-refractivity contribution in [3.8, 4) is 0 Å². The average molecular weight is 385 g/mol. The first kappa shape index (κ1) is 16.4.